The number of benzene rings is 1. The molecule has 0 spiro atoms. The zero-order chi connectivity index (χ0) is 25.1. The number of aliphatic hydroxyl groups is 1. The zero-order valence-electron chi connectivity index (χ0n) is 19.2. The molecule has 1 aliphatic rings. The molecule has 1 aromatic carbocycles. The van der Waals surface area contributed by atoms with Gasteiger partial charge in [-0.15, -0.1) is 0 Å². The minimum Gasteiger partial charge on any atom is -0.480 e. The van der Waals surface area contributed by atoms with Crippen molar-refractivity contribution in [3.63, 3.8) is 0 Å². The van der Waals surface area contributed by atoms with Crippen molar-refractivity contribution >= 4 is 23.7 Å². The van der Waals surface area contributed by atoms with E-state index in [1.807, 2.05) is 6.07 Å². The number of nitrogens with one attached hydrogen (secondary N) is 2. The molecule has 0 saturated carbocycles. The van der Waals surface area contributed by atoms with E-state index in [1.54, 1.807) is 24.3 Å². The fraction of sp³-hybridized carbons (Fsp3) is 0.565. The lowest BCUT2D eigenvalue weighted by molar-refractivity contribution is -0.143. The number of aliphatic carboxylic acids is 1. The van der Waals surface area contributed by atoms with Crippen LogP contribution in [-0.2, 0) is 25.6 Å². The van der Waals surface area contributed by atoms with Crippen LogP contribution in [0.5, 0.6) is 0 Å². The van der Waals surface area contributed by atoms with Crippen LogP contribution in [0.4, 0.5) is 0 Å². The summed E-state index contributed by atoms with van der Waals surface area (Å²) in [5, 5.41) is 24.0. The van der Waals surface area contributed by atoms with Gasteiger partial charge in [0.1, 0.15) is 24.2 Å². The van der Waals surface area contributed by atoms with Gasteiger partial charge >= 0.3 is 5.97 Å². The Morgan fingerprint density at radius 1 is 1.09 bits per heavy atom. The van der Waals surface area contributed by atoms with Crippen LogP contribution in [0.25, 0.3) is 0 Å². The van der Waals surface area contributed by atoms with Crippen LogP contribution in [0, 0.1) is 0 Å². The molecule has 3 amide bonds. The Labute approximate surface area is 198 Å². The first-order valence-electron chi connectivity index (χ1n) is 11.5. The summed E-state index contributed by atoms with van der Waals surface area (Å²) in [6, 6.07) is 4.83. The zero-order valence-corrected chi connectivity index (χ0v) is 19.2. The van der Waals surface area contributed by atoms with E-state index in [2.05, 4.69) is 10.6 Å². The largest absolute Gasteiger partial charge is 0.480 e. The summed E-state index contributed by atoms with van der Waals surface area (Å²) in [5.74, 6) is -2.84. The maximum absolute atomic E-state index is 13.0. The van der Waals surface area contributed by atoms with Gasteiger partial charge < -0.3 is 37.2 Å². The van der Waals surface area contributed by atoms with Crippen LogP contribution in [-0.4, -0.2) is 82.7 Å². The molecule has 0 radical (unpaired) electrons. The average molecular weight is 478 g/mol. The molecular weight excluding hydrogens is 442 g/mol. The van der Waals surface area contributed by atoms with Crippen molar-refractivity contribution < 1.29 is 29.4 Å². The topological polar surface area (TPSA) is 188 Å². The summed E-state index contributed by atoms with van der Waals surface area (Å²) in [6.45, 7) is 0.205. The minimum absolute atomic E-state index is 0.0926. The van der Waals surface area contributed by atoms with E-state index in [9.17, 15) is 29.4 Å². The molecule has 1 heterocycles. The molecule has 1 aromatic rings. The van der Waals surface area contributed by atoms with Crippen LogP contribution in [0.1, 0.15) is 37.7 Å². The first kappa shape index (κ1) is 27.2. The van der Waals surface area contributed by atoms with E-state index in [0.717, 1.165) is 5.56 Å². The molecule has 11 heteroatoms. The molecule has 0 aromatic heterocycles. The lowest BCUT2D eigenvalue weighted by Crippen LogP contribution is -2.57. The quantitative estimate of drug-likeness (QED) is 0.189. The molecule has 4 atom stereocenters. The van der Waals surface area contributed by atoms with Crippen molar-refractivity contribution in [1.82, 2.24) is 15.5 Å². The number of rotatable bonds is 13. The molecule has 2 rings (SSSR count). The Bertz CT molecular complexity index is 836. The normalized spacial score (nSPS) is 18.1. The second-order valence-electron chi connectivity index (χ2n) is 8.41. The highest BCUT2D eigenvalue weighted by Crippen LogP contribution is 2.19. The van der Waals surface area contributed by atoms with Crippen molar-refractivity contribution in [2.45, 2.75) is 62.7 Å². The molecule has 34 heavy (non-hydrogen) atoms. The molecule has 0 aliphatic carbocycles. The monoisotopic (exact) mass is 477 g/mol. The number of nitrogens with two attached hydrogens (primary N) is 2. The van der Waals surface area contributed by atoms with Gasteiger partial charge in [-0.25, -0.2) is 4.79 Å². The molecule has 1 fully saturated rings. The molecule has 1 saturated heterocycles. The van der Waals surface area contributed by atoms with Crippen molar-refractivity contribution in [2.24, 2.45) is 11.5 Å². The van der Waals surface area contributed by atoms with Gasteiger partial charge in [0.25, 0.3) is 0 Å². The number of likely N-dealkylation sites (tertiary alicyclic amines) is 1. The number of carboxylic acids is 1. The van der Waals surface area contributed by atoms with Crippen LogP contribution in [0.3, 0.4) is 0 Å². The lowest BCUT2D eigenvalue weighted by atomic mass is 10.0. The Balaban J connectivity index is 2.10. The summed E-state index contributed by atoms with van der Waals surface area (Å²) >= 11 is 0. The molecule has 4 unspecified atom stereocenters. The van der Waals surface area contributed by atoms with E-state index in [4.69, 9.17) is 11.5 Å². The number of aliphatic hydroxyl groups excluding tert-OH is 1. The molecule has 188 valence electrons. The van der Waals surface area contributed by atoms with E-state index in [0.29, 0.717) is 38.8 Å². The van der Waals surface area contributed by atoms with Gasteiger partial charge in [-0.05, 0) is 44.2 Å². The predicted octanol–water partition coefficient (Wildman–Crippen LogP) is -1.28. The van der Waals surface area contributed by atoms with Crippen LogP contribution >= 0.6 is 0 Å². The molecule has 1 aliphatic heterocycles. The Morgan fingerprint density at radius 2 is 1.79 bits per heavy atom. The summed E-state index contributed by atoms with van der Waals surface area (Å²) in [6.07, 6.45) is 2.53. The third-order valence-electron chi connectivity index (χ3n) is 5.83. The Hall–Kier alpha value is -3.02. The van der Waals surface area contributed by atoms with Crippen LogP contribution < -0.4 is 22.1 Å². The minimum atomic E-state index is -1.19. The maximum Gasteiger partial charge on any atom is 0.326 e. The highest BCUT2D eigenvalue weighted by Gasteiger charge is 2.37. The number of hydrogen-bond donors (Lipinski definition) is 6. The third-order valence-corrected chi connectivity index (χ3v) is 5.83. The third kappa shape index (κ3) is 7.79. The van der Waals surface area contributed by atoms with Gasteiger partial charge in [0.15, 0.2) is 0 Å². The van der Waals surface area contributed by atoms with Crippen molar-refractivity contribution in [3.05, 3.63) is 35.9 Å². The van der Waals surface area contributed by atoms with Gasteiger partial charge in [0, 0.05) is 13.0 Å². The fourth-order valence-electron chi connectivity index (χ4n) is 3.95. The van der Waals surface area contributed by atoms with E-state index >= 15 is 0 Å². The lowest BCUT2D eigenvalue weighted by Gasteiger charge is -2.28. The van der Waals surface area contributed by atoms with Crippen LogP contribution in [0.15, 0.2) is 30.3 Å². The highest BCUT2D eigenvalue weighted by atomic mass is 16.4. The molecular formula is C23H35N5O6. The second kappa shape index (κ2) is 13.6. The highest BCUT2D eigenvalue weighted by molar-refractivity contribution is 5.94. The summed E-state index contributed by atoms with van der Waals surface area (Å²) < 4.78 is 0. The Morgan fingerprint density at radius 3 is 2.41 bits per heavy atom. The summed E-state index contributed by atoms with van der Waals surface area (Å²) in [5.41, 5.74) is 11.9. The number of carbonyl (C=O) groups excluding carboxylic acids is 3. The van der Waals surface area contributed by atoms with Gasteiger partial charge in [0.2, 0.25) is 17.7 Å². The van der Waals surface area contributed by atoms with Crippen molar-refractivity contribution in [3.8, 4) is 0 Å². The first-order chi connectivity index (χ1) is 16.3. The van der Waals surface area contributed by atoms with Crippen molar-refractivity contribution in [2.75, 3.05) is 19.7 Å². The number of unbranched alkanes of at least 4 members (excludes halogenated alkanes) is 1. The smallest absolute Gasteiger partial charge is 0.326 e. The number of amides is 3. The summed E-state index contributed by atoms with van der Waals surface area (Å²) in [4.78, 5) is 51.5. The SMILES string of the molecule is NCCCCC(NC(=O)C1CCCN1C(=O)C(N)CO)C(=O)NC(Cc1ccccc1)C(=O)O. The maximum atomic E-state index is 13.0. The van der Waals surface area contributed by atoms with E-state index < -0.39 is 54.5 Å². The van der Waals surface area contributed by atoms with E-state index in [-0.39, 0.29) is 12.8 Å². The Kier molecular flexibility index (Phi) is 10.9. The molecule has 11 nitrogen and oxygen atoms in total. The van der Waals surface area contributed by atoms with Crippen LogP contribution in [0.2, 0.25) is 0 Å². The average Bonchev–Trinajstić information content (AvgIpc) is 3.32. The number of carbonyl (C=O) groups is 4. The second-order valence-corrected chi connectivity index (χ2v) is 8.41. The van der Waals surface area contributed by atoms with Gasteiger partial charge in [-0.3, -0.25) is 14.4 Å². The molecule has 8 N–H and O–H groups in total. The van der Waals surface area contributed by atoms with Gasteiger partial charge in [-0.1, -0.05) is 30.3 Å². The predicted molar refractivity (Wildman–Crippen MR) is 124 cm³/mol. The summed E-state index contributed by atoms with van der Waals surface area (Å²) in [7, 11) is 0. The fourth-order valence-corrected chi connectivity index (χ4v) is 3.95. The molecule has 0 bridgehead atoms. The van der Waals surface area contributed by atoms with Gasteiger partial charge in [0.05, 0.1) is 6.61 Å². The first-order valence-corrected chi connectivity index (χ1v) is 11.5. The number of carboxylic acid groups (broad SMARTS) is 1. The number of hydrogen-bond acceptors (Lipinski definition) is 7. The van der Waals surface area contributed by atoms with Gasteiger partial charge in [-0.2, -0.15) is 0 Å². The number of nitrogens with zero attached hydrogens (tertiary/aromatic N) is 1. The van der Waals surface area contributed by atoms with Crippen molar-refractivity contribution in [1.29, 1.82) is 0 Å². The van der Waals surface area contributed by atoms with E-state index in [1.165, 1.54) is 4.90 Å². The standard InChI is InChI=1S/C23H35N5O6/c24-11-5-4-9-17(20(30)27-18(23(33)34)13-15-7-2-1-3-8-15)26-21(31)19-10-6-12-28(19)22(32)16(25)14-29/h1-3,7-8,16-19,29H,4-6,9-14,24-25H2,(H,26,31)(H,27,30)(H,33,34).